The Bertz CT molecular complexity index is 759. The van der Waals surface area contributed by atoms with Crippen molar-refractivity contribution < 1.29 is 22.7 Å². The summed E-state index contributed by atoms with van der Waals surface area (Å²) in [6.45, 7) is 0.785. The second kappa shape index (κ2) is 6.58. The highest BCUT2D eigenvalue weighted by molar-refractivity contribution is 5.94. The van der Waals surface area contributed by atoms with E-state index in [-0.39, 0.29) is 17.8 Å². The molecular formula is C16H15F3N4O2. The van der Waals surface area contributed by atoms with Crippen LogP contribution < -0.4 is 15.0 Å². The molecule has 2 aromatic rings. The number of carbonyl (C=O) groups excluding carboxylic acids is 1. The number of alkyl halides is 3. The van der Waals surface area contributed by atoms with Crippen LogP contribution in [0.4, 0.5) is 19.0 Å². The molecule has 0 saturated carbocycles. The van der Waals surface area contributed by atoms with Gasteiger partial charge in [-0.25, -0.2) is 9.97 Å². The highest BCUT2D eigenvalue weighted by Crippen LogP contribution is 2.31. The number of ether oxygens (including phenoxy) is 1. The Labute approximate surface area is 141 Å². The number of halogens is 3. The van der Waals surface area contributed by atoms with Gasteiger partial charge in [-0.05, 0) is 18.2 Å². The lowest BCUT2D eigenvalue weighted by molar-refractivity contribution is -0.137. The first-order chi connectivity index (χ1) is 11.9. The average Bonchev–Trinajstić information content (AvgIpc) is 2.57. The summed E-state index contributed by atoms with van der Waals surface area (Å²) >= 11 is 0. The van der Waals surface area contributed by atoms with E-state index in [1.165, 1.54) is 13.3 Å². The molecule has 2 aromatic heterocycles. The van der Waals surface area contributed by atoms with E-state index in [0.717, 1.165) is 18.3 Å². The van der Waals surface area contributed by atoms with Crippen molar-refractivity contribution in [3.05, 3.63) is 47.8 Å². The topological polar surface area (TPSA) is 67.3 Å². The van der Waals surface area contributed by atoms with Gasteiger partial charge in [-0.2, -0.15) is 13.2 Å². The molecule has 1 N–H and O–H groups in total. The summed E-state index contributed by atoms with van der Waals surface area (Å²) in [6.07, 6.45) is -1.87. The van der Waals surface area contributed by atoms with Crippen LogP contribution in [0.25, 0.3) is 0 Å². The summed E-state index contributed by atoms with van der Waals surface area (Å²) in [5.41, 5.74) is -0.356. The smallest absolute Gasteiger partial charge is 0.416 e. The number of pyridine rings is 2. The van der Waals surface area contributed by atoms with Crippen LogP contribution in [0.5, 0.6) is 5.88 Å². The molecule has 1 amide bonds. The molecule has 3 heterocycles. The van der Waals surface area contributed by atoms with Gasteiger partial charge in [0.05, 0.1) is 24.3 Å². The van der Waals surface area contributed by atoms with Gasteiger partial charge in [0.25, 0.3) is 5.91 Å². The second-order valence-corrected chi connectivity index (χ2v) is 5.57. The average molecular weight is 352 g/mol. The third kappa shape index (κ3) is 3.81. The summed E-state index contributed by atoms with van der Waals surface area (Å²) in [5, 5.41) is 2.80. The van der Waals surface area contributed by atoms with Crippen LogP contribution in [0.1, 0.15) is 15.9 Å². The van der Waals surface area contributed by atoms with Gasteiger partial charge in [-0.1, -0.05) is 0 Å². The lowest BCUT2D eigenvalue weighted by Gasteiger charge is -2.40. The van der Waals surface area contributed by atoms with E-state index in [1.54, 1.807) is 17.0 Å². The molecule has 0 bridgehead atoms. The Morgan fingerprint density at radius 1 is 1.28 bits per heavy atom. The van der Waals surface area contributed by atoms with Crippen LogP contribution in [-0.4, -0.2) is 42.1 Å². The van der Waals surface area contributed by atoms with Gasteiger partial charge in [0.2, 0.25) is 5.88 Å². The zero-order valence-electron chi connectivity index (χ0n) is 13.2. The molecule has 6 nitrogen and oxygen atoms in total. The normalized spacial score (nSPS) is 14.8. The number of hydrogen-bond donors (Lipinski definition) is 1. The van der Waals surface area contributed by atoms with Crippen molar-refractivity contribution in [1.82, 2.24) is 15.3 Å². The van der Waals surface area contributed by atoms with Crippen LogP contribution in [0.2, 0.25) is 0 Å². The SMILES string of the molecule is COc1ccc(C(=O)NC2CN(c3cc(C(F)(F)F)ccn3)C2)cn1. The number of carbonyl (C=O) groups is 1. The number of methoxy groups -OCH3 is 1. The number of nitrogens with zero attached hydrogens (tertiary/aromatic N) is 3. The molecule has 25 heavy (non-hydrogen) atoms. The number of amides is 1. The number of nitrogens with one attached hydrogen (secondary N) is 1. The van der Waals surface area contributed by atoms with Gasteiger partial charge in [0, 0.05) is 31.5 Å². The summed E-state index contributed by atoms with van der Waals surface area (Å²) in [7, 11) is 1.48. The molecule has 0 atom stereocenters. The van der Waals surface area contributed by atoms with Crippen LogP contribution in [0, 0.1) is 0 Å². The zero-order valence-corrected chi connectivity index (χ0v) is 13.2. The van der Waals surface area contributed by atoms with Crippen molar-refractivity contribution in [2.45, 2.75) is 12.2 Å². The van der Waals surface area contributed by atoms with Gasteiger partial charge in [-0.3, -0.25) is 4.79 Å². The summed E-state index contributed by atoms with van der Waals surface area (Å²) in [6, 6.07) is 4.94. The van der Waals surface area contributed by atoms with Gasteiger partial charge in [-0.15, -0.1) is 0 Å². The fourth-order valence-corrected chi connectivity index (χ4v) is 2.43. The molecule has 0 unspecified atom stereocenters. The molecule has 0 aliphatic carbocycles. The Kier molecular flexibility index (Phi) is 4.47. The number of anilines is 1. The number of rotatable bonds is 4. The number of hydrogen-bond acceptors (Lipinski definition) is 5. The molecular weight excluding hydrogens is 337 g/mol. The lowest BCUT2D eigenvalue weighted by atomic mass is 10.1. The molecule has 132 valence electrons. The second-order valence-electron chi connectivity index (χ2n) is 5.57. The maximum Gasteiger partial charge on any atom is 0.416 e. The van der Waals surface area contributed by atoms with E-state index < -0.39 is 11.7 Å². The van der Waals surface area contributed by atoms with Crippen LogP contribution in [0.3, 0.4) is 0 Å². The minimum absolute atomic E-state index is 0.161. The highest BCUT2D eigenvalue weighted by atomic mass is 19.4. The molecule has 9 heteroatoms. The summed E-state index contributed by atoms with van der Waals surface area (Å²) in [5.74, 6) is 0.352. The quantitative estimate of drug-likeness (QED) is 0.913. The van der Waals surface area contributed by atoms with Crippen molar-refractivity contribution in [3.8, 4) is 5.88 Å². The van der Waals surface area contributed by atoms with Crippen molar-refractivity contribution in [3.63, 3.8) is 0 Å². The first-order valence-electron chi connectivity index (χ1n) is 7.46. The Morgan fingerprint density at radius 2 is 2.04 bits per heavy atom. The molecule has 0 spiro atoms. The summed E-state index contributed by atoms with van der Waals surface area (Å²) in [4.78, 5) is 21.7. The van der Waals surface area contributed by atoms with Crippen molar-refractivity contribution in [2.24, 2.45) is 0 Å². The molecule has 1 aliphatic rings. The third-order valence-corrected chi connectivity index (χ3v) is 3.82. The van der Waals surface area contributed by atoms with Crippen LogP contribution >= 0.6 is 0 Å². The van der Waals surface area contributed by atoms with E-state index in [4.69, 9.17) is 4.74 Å². The van der Waals surface area contributed by atoms with E-state index in [0.29, 0.717) is 24.5 Å². The largest absolute Gasteiger partial charge is 0.481 e. The van der Waals surface area contributed by atoms with E-state index in [1.807, 2.05) is 0 Å². The van der Waals surface area contributed by atoms with Gasteiger partial charge in [0.1, 0.15) is 5.82 Å². The standard InChI is InChI=1S/C16H15F3N4O2/c1-25-14-3-2-10(7-21-14)15(24)22-12-8-23(9-12)13-6-11(4-5-20-13)16(17,18)19/h2-7,12H,8-9H2,1H3,(H,22,24). The van der Waals surface area contributed by atoms with E-state index >= 15 is 0 Å². The van der Waals surface area contributed by atoms with Gasteiger partial charge >= 0.3 is 6.18 Å². The van der Waals surface area contributed by atoms with E-state index in [2.05, 4.69) is 15.3 Å². The predicted octanol–water partition coefficient (Wildman–Crippen LogP) is 2.12. The van der Waals surface area contributed by atoms with Gasteiger partial charge in [0.15, 0.2) is 0 Å². The lowest BCUT2D eigenvalue weighted by Crippen LogP contribution is -2.59. The minimum Gasteiger partial charge on any atom is -0.481 e. The Morgan fingerprint density at radius 3 is 2.64 bits per heavy atom. The first-order valence-corrected chi connectivity index (χ1v) is 7.46. The maximum atomic E-state index is 12.7. The molecule has 0 aromatic carbocycles. The molecule has 0 radical (unpaired) electrons. The maximum absolute atomic E-state index is 12.7. The predicted molar refractivity (Wildman–Crippen MR) is 83.5 cm³/mol. The molecule has 1 fully saturated rings. The minimum atomic E-state index is -4.41. The fraction of sp³-hybridized carbons (Fsp3) is 0.312. The van der Waals surface area contributed by atoms with E-state index in [9.17, 15) is 18.0 Å². The Balaban J connectivity index is 1.56. The number of aromatic nitrogens is 2. The zero-order chi connectivity index (χ0) is 18.0. The highest BCUT2D eigenvalue weighted by Gasteiger charge is 2.34. The van der Waals surface area contributed by atoms with Crippen molar-refractivity contribution in [1.29, 1.82) is 0 Å². The monoisotopic (exact) mass is 352 g/mol. The first kappa shape index (κ1) is 17.0. The molecule has 1 aliphatic heterocycles. The van der Waals surface area contributed by atoms with Crippen molar-refractivity contribution >= 4 is 11.7 Å². The molecule has 1 saturated heterocycles. The Hall–Kier alpha value is -2.84. The van der Waals surface area contributed by atoms with Crippen LogP contribution in [-0.2, 0) is 6.18 Å². The van der Waals surface area contributed by atoms with Gasteiger partial charge < -0.3 is 15.0 Å². The third-order valence-electron chi connectivity index (χ3n) is 3.82. The van der Waals surface area contributed by atoms with Crippen molar-refractivity contribution in [2.75, 3.05) is 25.1 Å². The van der Waals surface area contributed by atoms with Crippen LogP contribution in [0.15, 0.2) is 36.7 Å². The molecule has 3 rings (SSSR count). The fourth-order valence-electron chi connectivity index (χ4n) is 2.43. The summed E-state index contributed by atoms with van der Waals surface area (Å²) < 4.78 is 43.1.